The van der Waals surface area contributed by atoms with Gasteiger partial charge in [0.2, 0.25) is 5.91 Å². The third kappa shape index (κ3) is 2.44. The lowest BCUT2D eigenvalue weighted by atomic mass is 10.2. The van der Waals surface area contributed by atoms with Gasteiger partial charge in [0.05, 0.1) is 0 Å². The number of rotatable bonds is 2. The molecule has 0 bridgehead atoms. The second kappa shape index (κ2) is 5.04. The maximum absolute atomic E-state index is 11.8. The lowest BCUT2D eigenvalue weighted by molar-refractivity contribution is -0.121. The monoisotopic (exact) mass is 297 g/mol. The quantitative estimate of drug-likeness (QED) is 0.906. The van der Waals surface area contributed by atoms with Crippen LogP contribution in [-0.4, -0.2) is 30.5 Å². The number of hydrogen-bond acceptors (Lipinski definition) is 3. The molecule has 5 heteroatoms. The highest BCUT2D eigenvalue weighted by Crippen LogP contribution is 2.28. The number of anilines is 1. The van der Waals surface area contributed by atoms with Gasteiger partial charge >= 0.3 is 0 Å². The summed E-state index contributed by atoms with van der Waals surface area (Å²) in [5, 5.41) is 2.72. The van der Waals surface area contributed by atoms with Crippen LogP contribution in [0.5, 0.6) is 0 Å². The molecule has 0 saturated carbocycles. The van der Waals surface area contributed by atoms with E-state index in [4.69, 9.17) is 0 Å². The van der Waals surface area contributed by atoms with E-state index in [1.807, 2.05) is 13.0 Å². The van der Waals surface area contributed by atoms with Gasteiger partial charge < -0.3 is 10.2 Å². The number of halogens is 1. The highest BCUT2D eigenvalue weighted by atomic mass is 79.9. The molecule has 92 valence electrons. The van der Waals surface area contributed by atoms with E-state index in [1.54, 1.807) is 13.2 Å². The summed E-state index contributed by atoms with van der Waals surface area (Å²) >= 11 is 3.40. The molecule has 1 N–H and O–H groups in total. The van der Waals surface area contributed by atoms with Crippen molar-refractivity contribution in [2.45, 2.75) is 25.8 Å². The zero-order valence-electron chi connectivity index (χ0n) is 10.0. The molecule has 1 atom stereocenters. The van der Waals surface area contributed by atoms with E-state index in [0.717, 1.165) is 35.2 Å². The highest BCUT2D eigenvalue weighted by molar-refractivity contribution is 9.10. The van der Waals surface area contributed by atoms with Gasteiger partial charge in [0.25, 0.3) is 0 Å². The van der Waals surface area contributed by atoms with Crippen LogP contribution in [0.15, 0.2) is 16.7 Å². The molecule has 1 aromatic rings. The fraction of sp³-hybridized carbons (Fsp3) is 0.500. The van der Waals surface area contributed by atoms with Crippen LogP contribution in [-0.2, 0) is 4.79 Å². The smallest absolute Gasteiger partial charge is 0.242 e. The van der Waals surface area contributed by atoms with Crippen LogP contribution in [0.1, 0.15) is 18.4 Å². The van der Waals surface area contributed by atoms with Gasteiger partial charge in [-0.05, 0) is 47.3 Å². The summed E-state index contributed by atoms with van der Waals surface area (Å²) in [6.45, 7) is 2.92. The predicted octanol–water partition coefficient (Wildman–Crippen LogP) is 1.87. The molecule has 1 aliphatic heterocycles. The molecule has 4 nitrogen and oxygen atoms in total. The minimum Gasteiger partial charge on any atom is -0.357 e. The first-order valence-electron chi connectivity index (χ1n) is 5.74. The van der Waals surface area contributed by atoms with Crippen molar-refractivity contribution < 1.29 is 4.79 Å². The molecule has 0 spiro atoms. The molecule has 0 aliphatic carbocycles. The molecule has 2 rings (SSSR count). The molecular weight excluding hydrogens is 282 g/mol. The minimum absolute atomic E-state index is 0.0756. The zero-order valence-corrected chi connectivity index (χ0v) is 11.6. The third-order valence-electron chi connectivity index (χ3n) is 3.09. The van der Waals surface area contributed by atoms with Crippen molar-refractivity contribution in [1.29, 1.82) is 0 Å². The van der Waals surface area contributed by atoms with Gasteiger partial charge in [0, 0.05) is 24.3 Å². The Morgan fingerprint density at radius 1 is 1.65 bits per heavy atom. The molecule has 1 aliphatic rings. The number of likely N-dealkylation sites (N-methyl/N-ethyl adjacent to an activating group) is 1. The van der Waals surface area contributed by atoms with Gasteiger partial charge in [-0.2, -0.15) is 0 Å². The second-order valence-electron chi connectivity index (χ2n) is 4.26. The molecule has 1 saturated heterocycles. The standard InChI is InChI=1S/C12H16BrN3O/c1-8-6-9(13)7-15-11(8)16-5-3-4-10(16)12(17)14-2/h6-7,10H,3-5H2,1-2H3,(H,14,17). The topological polar surface area (TPSA) is 45.2 Å². The van der Waals surface area contributed by atoms with E-state index >= 15 is 0 Å². The van der Waals surface area contributed by atoms with Crippen LogP contribution >= 0.6 is 15.9 Å². The molecule has 0 radical (unpaired) electrons. The third-order valence-corrected chi connectivity index (χ3v) is 3.52. The first-order valence-corrected chi connectivity index (χ1v) is 6.53. The van der Waals surface area contributed by atoms with Crippen LogP contribution in [0.3, 0.4) is 0 Å². The fourth-order valence-electron chi connectivity index (χ4n) is 2.29. The summed E-state index contributed by atoms with van der Waals surface area (Å²) in [4.78, 5) is 18.3. The molecule has 1 unspecified atom stereocenters. The Bertz CT molecular complexity index is 436. The summed E-state index contributed by atoms with van der Waals surface area (Å²) < 4.78 is 0.967. The minimum atomic E-state index is -0.0765. The highest BCUT2D eigenvalue weighted by Gasteiger charge is 2.31. The summed E-state index contributed by atoms with van der Waals surface area (Å²) in [7, 11) is 1.68. The number of nitrogens with zero attached hydrogens (tertiary/aromatic N) is 2. The van der Waals surface area contributed by atoms with Crippen LogP contribution in [0.25, 0.3) is 0 Å². The van der Waals surface area contributed by atoms with Gasteiger partial charge in [-0.25, -0.2) is 4.98 Å². The number of carbonyl (C=O) groups excluding carboxylic acids is 1. The number of hydrogen-bond donors (Lipinski definition) is 1. The van der Waals surface area contributed by atoms with E-state index in [2.05, 4.69) is 31.1 Å². The second-order valence-corrected chi connectivity index (χ2v) is 5.18. The lowest BCUT2D eigenvalue weighted by Crippen LogP contribution is -2.42. The van der Waals surface area contributed by atoms with E-state index < -0.39 is 0 Å². The van der Waals surface area contributed by atoms with Crippen molar-refractivity contribution in [3.63, 3.8) is 0 Å². The van der Waals surface area contributed by atoms with E-state index in [0.29, 0.717) is 0 Å². The first kappa shape index (κ1) is 12.4. The summed E-state index contributed by atoms with van der Waals surface area (Å²) in [5.74, 6) is 0.992. The summed E-state index contributed by atoms with van der Waals surface area (Å²) in [6, 6.07) is 1.95. The molecule has 1 amide bonds. The normalized spacial score (nSPS) is 19.5. The molecular formula is C12H16BrN3O. The van der Waals surface area contributed by atoms with E-state index in [9.17, 15) is 4.79 Å². The number of amides is 1. The SMILES string of the molecule is CNC(=O)C1CCCN1c1ncc(Br)cc1C. The van der Waals surface area contributed by atoms with Gasteiger partial charge in [-0.15, -0.1) is 0 Å². The van der Waals surface area contributed by atoms with Crippen LogP contribution in [0.2, 0.25) is 0 Å². The van der Waals surface area contributed by atoms with Gasteiger partial charge in [-0.1, -0.05) is 0 Å². The Balaban J connectivity index is 2.29. The van der Waals surface area contributed by atoms with Crippen molar-refractivity contribution in [1.82, 2.24) is 10.3 Å². The molecule has 0 aromatic carbocycles. The maximum atomic E-state index is 11.8. The Morgan fingerprint density at radius 3 is 3.06 bits per heavy atom. The average molecular weight is 298 g/mol. The lowest BCUT2D eigenvalue weighted by Gasteiger charge is -2.25. The maximum Gasteiger partial charge on any atom is 0.242 e. The van der Waals surface area contributed by atoms with Gasteiger partial charge in [0.15, 0.2) is 0 Å². The summed E-state index contributed by atoms with van der Waals surface area (Å²) in [6.07, 6.45) is 3.72. The number of nitrogens with one attached hydrogen (secondary N) is 1. The Labute approximate surface area is 110 Å². The fourth-order valence-corrected chi connectivity index (χ4v) is 2.74. The van der Waals surface area contributed by atoms with Gasteiger partial charge in [-0.3, -0.25) is 4.79 Å². The van der Waals surface area contributed by atoms with Gasteiger partial charge in [0.1, 0.15) is 11.9 Å². The van der Waals surface area contributed by atoms with Crippen molar-refractivity contribution in [3.8, 4) is 0 Å². The van der Waals surface area contributed by atoms with Crippen LogP contribution in [0.4, 0.5) is 5.82 Å². The van der Waals surface area contributed by atoms with Crippen LogP contribution in [0, 0.1) is 6.92 Å². The van der Waals surface area contributed by atoms with E-state index in [-0.39, 0.29) is 11.9 Å². The summed E-state index contributed by atoms with van der Waals surface area (Å²) in [5.41, 5.74) is 1.09. The predicted molar refractivity (Wildman–Crippen MR) is 71.1 cm³/mol. The molecule has 17 heavy (non-hydrogen) atoms. The molecule has 2 heterocycles. The number of carbonyl (C=O) groups is 1. The van der Waals surface area contributed by atoms with E-state index in [1.165, 1.54) is 0 Å². The molecule has 1 fully saturated rings. The van der Waals surface area contributed by atoms with Crippen molar-refractivity contribution >= 4 is 27.7 Å². The Kier molecular flexibility index (Phi) is 3.66. The first-order chi connectivity index (χ1) is 8.13. The van der Waals surface area contributed by atoms with Crippen molar-refractivity contribution in [3.05, 3.63) is 22.3 Å². The zero-order chi connectivity index (χ0) is 12.4. The largest absolute Gasteiger partial charge is 0.357 e. The Morgan fingerprint density at radius 2 is 2.41 bits per heavy atom. The van der Waals surface area contributed by atoms with Crippen LogP contribution < -0.4 is 10.2 Å². The number of aromatic nitrogens is 1. The number of aryl methyl sites for hydroxylation is 1. The van der Waals surface area contributed by atoms with Crippen molar-refractivity contribution in [2.24, 2.45) is 0 Å². The average Bonchev–Trinajstić information content (AvgIpc) is 2.77. The molecule has 1 aromatic heterocycles. The Hall–Kier alpha value is -1.10. The number of pyridine rings is 1. The van der Waals surface area contributed by atoms with Crippen molar-refractivity contribution in [2.75, 3.05) is 18.5 Å².